The van der Waals surface area contributed by atoms with Gasteiger partial charge in [0.05, 0.1) is 15.5 Å². The first-order chi connectivity index (χ1) is 8.70. The molecule has 1 atom stereocenters. The monoisotopic (exact) mass is 327 g/mol. The molecular formula is C13H18BrN3S. The first-order valence-corrected chi connectivity index (χ1v) is 7.77. The lowest BCUT2D eigenvalue weighted by Gasteiger charge is -2.18. The van der Waals surface area contributed by atoms with Gasteiger partial charge in [0.2, 0.25) is 0 Å². The van der Waals surface area contributed by atoms with Crippen LogP contribution in [0.1, 0.15) is 30.0 Å². The van der Waals surface area contributed by atoms with Gasteiger partial charge in [-0.15, -0.1) is 11.3 Å². The number of aryl methyl sites for hydroxylation is 1. The maximum absolute atomic E-state index is 4.26. The molecule has 0 spiro atoms. The van der Waals surface area contributed by atoms with E-state index in [1.165, 1.54) is 14.4 Å². The highest BCUT2D eigenvalue weighted by atomic mass is 79.9. The van der Waals surface area contributed by atoms with Gasteiger partial charge in [0.25, 0.3) is 0 Å². The van der Waals surface area contributed by atoms with Crippen LogP contribution in [0.5, 0.6) is 0 Å². The van der Waals surface area contributed by atoms with Crippen molar-refractivity contribution in [3.63, 3.8) is 0 Å². The van der Waals surface area contributed by atoms with Crippen molar-refractivity contribution >= 4 is 27.3 Å². The first-order valence-electron chi connectivity index (χ1n) is 6.16. The zero-order chi connectivity index (χ0) is 13.0. The van der Waals surface area contributed by atoms with Crippen molar-refractivity contribution in [2.45, 2.75) is 25.8 Å². The van der Waals surface area contributed by atoms with Crippen LogP contribution in [-0.4, -0.2) is 16.3 Å². The SMILES string of the molecule is CCCNC(Cc1ccc(Br)s1)c1ccnn1C. The number of hydrogen-bond acceptors (Lipinski definition) is 3. The van der Waals surface area contributed by atoms with Crippen molar-refractivity contribution < 1.29 is 0 Å². The summed E-state index contributed by atoms with van der Waals surface area (Å²) < 4.78 is 3.15. The Bertz CT molecular complexity index is 492. The number of hydrogen-bond donors (Lipinski definition) is 1. The summed E-state index contributed by atoms with van der Waals surface area (Å²) in [6.07, 6.45) is 4.01. The molecule has 0 aliphatic heterocycles. The Kier molecular flexibility index (Phi) is 4.97. The lowest BCUT2D eigenvalue weighted by atomic mass is 10.1. The largest absolute Gasteiger partial charge is 0.308 e. The molecule has 18 heavy (non-hydrogen) atoms. The van der Waals surface area contributed by atoms with Gasteiger partial charge in [-0.3, -0.25) is 4.68 Å². The van der Waals surface area contributed by atoms with Crippen molar-refractivity contribution in [2.75, 3.05) is 6.54 Å². The molecule has 1 N–H and O–H groups in total. The van der Waals surface area contributed by atoms with Gasteiger partial charge >= 0.3 is 0 Å². The first kappa shape index (κ1) is 13.8. The molecule has 0 fully saturated rings. The third-order valence-electron chi connectivity index (χ3n) is 2.89. The molecule has 1 unspecified atom stereocenters. The third-order valence-corrected chi connectivity index (χ3v) is 4.54. The highest BCUT2D eigenvalue weighted by Crippen LogP contribution is 2.26. The van der Waals surface area contributed by atoms with E-state index in [-0.39, 0.29) is 0 Å². The normalized spacial score (nSPS) is 12.8. The summed E-state index contributed by atoms with van der Waals surface area (Å²) in [6, 6.07) is 6.73. The van der Waals surface area contributed by atoms with Crippen LogP contribution in [-0.2, 0) is 13.5 Å². The number of aromatic nitrogens is 2. The standard InChI is InChI=1S/C13H18BrN3S/c1-3-7-15-11(12-6-8-16-17(12)2)9-10-4-5-13(14)18-10/h4-6,8,11,15H,3,7,9H2,1-2H3. The summed E-state index contributed by atoms with van der Waals surface area (Å²) in [5.41, 5.74) is 1.24. The van der Waals surface area contributed by atoms with Crippen molar-refractivity contribution in [1.82, 2.24) is 15.1 Å². The Hall–Kier alpha value is -0.650. The minimum atomic E-state index is 0.336. The smallest absolute Gasteiger partial charge is 0.0701 e. The van der Waals surface area contributed by atoms with Crippen molar-refractivity contribution in [3.8, 4) is 0 Å². The van der Waals surface area contributed by atoms with Gasteiger partial charge < -0.3 is 5.32 Å². The van der Waals surface area contributed by atoms with Gasteiger partial charge in [0.1, 0.15) is 0 Å². The van der Waals surface area contributed by atoms with E-state index >= 15 is 0 Å². The average molecular weight is 328 g/mol. The van der Waals surface area contributed by atoms with Crippen LogP contribution in [0.2, 0.25) is 0 Å². The Morgan fingerprint density at radius 2 is 2.28 bits per heavy atom. The fourth-order valence-electron chi connectivity index (χ4n) is 1.99. The zero-order valence-electron chi connectivity index (χ0n) is 10.7. The Balaban J connectivity index is 2.12. The fourth-order valence-corrected chi connectivity index (χ4v) is 3.52. The van der Waals surface area contributed by atoms with Crippen molar-refractivity contribution in [2.24, 2.45) is 7.05 Å². The molecule has 5 heteroatoms. The van der Waals surface area contributed by atoms with Crippen molar-refractivity contribution in [3.05, 3.63) is 38.8 Å². The van der Waals surface area contributed by atoms with E-state index < -0.39 is 0 Å². The molecule has 3 nitrogen and oxygen atoms in total. The number of rotatable bonds is 6. The van der Waals surface area contributed by atoms with Gasteiger partial charge in [-0.1, -0.05) is 6.92 Å². The molecule has 2 aromatic rings. The minimum Gasteiger partial charge on any atom is -0.308 e. The second kappa shape index (κ2) is 6.50. The predicted octanol–water partition coefficient (Wildman–Crippen LogP) is 3.53. The van der Waals surface area contributed by atoms with Crippen LogP contribution in [0.4, 0.5) is 0 Å². The Labute approximate surface area is 120 Å². The van der Waals surface area contributed by atoms with E-state index in [1.54, 1.807) is 11.3 Å². The average Bonchev–Trinajstić information content (AvgIpc) is 2.93. The van der Waals surface area contributed by atoms with Crippen LogP contribution in [0.3, 0.4) is 0 Å². The lowest BCUT2D eigenvalue weighted by molar-refractivity contribution is 0.496. The van der Waals surface area contributed by atoms with Gasteiger partial charge in [0.15, 0.2) is 0 Å². The fraction of sp³-hybridized carbons (Fsp3) is 0.462. The molecule has 0 bridgehead atoms. The van der Waals surface area contributed by atoms with Gasteiger partial charge in [-0.25, -0.2) is 0 Å². The van der Waals surface area contributed by atoms with E-state index in [0.717, 1.165) is 19.4 Å². The molecule has 0 saturated heterocycles. The summed E-state index contributed by atoms with van der Waals surface area (Å²) in [7, 11) is 2.00. The number of nitrogens with one attached hydrogen (secondary N) is 1. The van der Waals surface area contributed by atoms with Crippen molar-refractivity contribution in [1.29, 1.82) is 0 Å². The number of nitrogens with zero attached hydrogens (tertiary/aromatic N) is 2. The lowest BCUT2D eigenvalue weighted by Crippen LogP contribution is -2.25. The summed E-state index contributed by atoms with van der Waals surface area (Å²) in [4.78, 5) is 1.39. The Morgan fingerprint density at radius 3 is 2.83 bits per heavy atom. The van der Waals surface area contributed by atoms with Crippen LogP contribution >= 0.6 is 27.3 Å². The van der Waals surface area contributed by atoms with Gasteiger partial charge in [-0.05, 0) is 47.1 Å². The maximum atomic E-state index is 4.26. The second-order valence-corrected chi connectivity index (χ2v) is 6.84. The molecule has 0 amide bonds. The second-order valence-electron chi connectivity index (χ2n) is 4.30. The maximum Gasteiger partial charge on any atom is 0.0701 e. The molecule has 0 radical (unpaired) electrons. The summed E-state index contributed by atoms with van der Waals surface area (Å²) >= 11 is 5.32. The molecule has 2 heterocycles. The van der Waals surface area contributed by atoms with Crippen LogP contribution < -0.4 is 5.32 Å². The third kappa shape index (κ3) is 3.43. The number of thiophene rings is 1. The van der Waals surface area contributed by atoms with Gasteiger partial charge in [0, 0.05) is 24.5 Å². The van der Waals surface area contributed by atoms with Crippen LogP contribution in [0.25, 0.3) is 0 Å². The van der Waals surface area contributed by atoms with E-state index in [1.807, 2.05) is 17.9 Å². The molecular weight excluding hydrogens is 310 g/mol. The molecule has 2 rings (SSSR count). The molecule has 2 aromatic heterocycles. The number of halogens is 1. The molecule has 0 aliphatic rings. The van der Waals surface area contributed by atoms with Crippen LogP contribution in [0.15, 0.2) is 28.2 Å². The molecule has 98 valence electrons. The van der Waals surface area contributed by atoms with E-state index in [4.69, 9.17) is 0 Å². The molecule has 0 saturated carbocycles. The van der Waals surface area contributed by atoms with Crippen LogP contribution in [0, 0.1) is 0 Å². The summed E-state index contributed by atoms with van der Waals surface area (Å²) in [5, 5.41) is 7.86. The predicted molar refractivity (Wildman–Crippen MR) is 80.0 cm³/mol. The van der Waals surface area contributed by atoms with Gasteiger partial charge in [-0.2, -0.15) is 5.10 Å². The molecule has 0 aliphatic carbocycles. The highest BCUT2D eigenvalue weighted by Gasteiger charge is 2.15. The minimum absolute atomic E-state index is 0.336. The van der Waals surface area contributed by atoms with E-state index in [0.29, 0.717) is 6.04 Å². The zero-order valence-corrected chi connectivity index (χ0v) is 13.1. The van der Waals surface area contributed by atoms with E-state index in [2.05, 4.69) is 51.5 Å². The highest BCUT2D eigenvalue weighted by molar-refractivity contribution is 9.11. The van der Waals surface area contributed by atoms with E-state index in [9.17, 15) is 0 Å². The topological polar surface area (TPSA) is 29.9 Å². The Morgan fingerprint density at radius 1 is 1.44 bits per heavy atom. The molecule has 0 aromatic carbocycles. The quantitative estimate of drug-likeness (QED) is 0.879. The summed E-state index contributed by atoms with van der Waals surface area (Å²) in [6.45, 7) is 3.22. The summed E-state index contributed by atoms with van der Waals surface area (Å²) in [5.74, 6) is 0.